The zero-order valence-corrected chi connectivity index (χ0v) is 8.02. The fourth-order valence-corrected chi connectivity index (χ4v) is 2.60. The third kappa shape index (κ3) is 0.782. The lowest BCUT2D eigenvalue weighted by Gasteiger charge is -2.44. The smallest absolute Gasteiger partial charge is 0.306 e. The van der Waals surface area contributed by atoms with Crippen molar-refractivity contribution < 1.29 is 9.53 Å². The zero-order valence-electron chi connectivity index (χ0n) is 8.02. The highest BCUT2D eigenvalue weighted by Gasteiger charge is 2.57. The quantitative estimate of drug-likeness (QED) is 0.518. The van der Waals surface area contributed by atoms with Gasteiger partial charge in [-0.1, -0.05) is 13.8 Å². The van der Waals surface area contributed by atoms with Crippen molar-refractivity contribution in [1.82, 2.24) is 0 Å². The first kappa shape index (κ1) is 8.09. The Balaban J connectivity index is 2.37. The van der Waals surface area contributed by atoms with Crippen LogP contribution in [0.5, 0.6) is 0 Å². The largest absolute Gasteiger partial charge is 0.459 e. The van der Waals surface area contributed by atoms with Crippen molar-refractivity contribution in [2.24, 2.45) is 11.3 Å². The van der Waals surface area contributed by atoms with Gasteiger partial charge in [-0.2, -0.15) is 0 Å². The summed E-state index contributed by atoms with van der Waals surface area (Å²) in [5.74, 6) is 0.545. The fourth-order valence-electron chi connectivity index (χ4n) is 2.60. The molecule has 0 N–H and O–H groups in total. The molecule has 2 heteroatoms. The Kier molecular flexibility index (Phi) is 1.37. The van der Waals surface area contributed by atoms with Gasteiger partial charge in [0.15, 0.2) is 0 Å². The molecule has 0 spiro atoms. The van der Waals surface area contributed by atoms with Crippen LogP contribution >= 0.6 is 0 Å². The molecule has 2 bridgehead atoms. The van der Waals surface area contributed by atoms with Crippen molar-refractivity contribution in [2.75, 3.05) is 0 Å². The second kappa shape index (κ2) is 2.04. The first-order chi connectivity index (χ1) is 5.46. The van der Waals surface area contributed by atoms with E-state index >= 15 is 0 Å². The molecule has 12 heavy (non-hydrogen) atoms. The first-order valence-electron chi connectivity index (χ1n) is 4.67. The molecule has 1 aliphatic heterocycles. The third-order valence-corrected chi connectivity index (χ3v) is 4.11. The molecule has 2 fully saturated rings. The minimum Gasteiger partial charge on any atom is -0.459 e. The van der Waals surface area contributed by atoms with E-state index in [1.807, 2.05) is 0 Å². The molecule has 0 aromatic rings. The molecule has 1 saturated heterocycles. The maximum atomic E-state index is 11.2. The van der Waals surface area contributed by atoms with Crippen molar-refractivity contribution in [3.8, 4) is 0 Å². The molecule has 0 aromatic carbocycles. The molecule has 2 aliphatic rings. The summed E-state index contributed by atoms with van der Waals surface area (Å²) in [6.45, 7) is 6.51. The van der Waals surface area contributed by atoms with Crippen LogP contribution in [0.4, 0.5) is 0 Å². The van der Waals surface area contributed by atoms with Crippen LogP contribution in [-0.2, 0) is 9.53 Å². The molecule has 68 valence electrons. The Morgan fingerprint density at radius 3 is 2.67 bits per heavy atom. The van der Waals surface area contributed by atoms with E-state index in [-0.39, 0.29) is 17.0 Å². The molecule has 0 amide bonds. The van der Waals surface area contributed by atoms with Gasteiger partial charge in [0, 0.05) is 11.8 Å². The number of ether oxygens (including phenoxy) is 1. The van der Waals surface area contributed by atoms with Gasteiger partial charge < -0.3 is 4.74 Å². The summed E-state index contributed by atoms with van der Waals surface area (Å²) in [5.41, 5.74) is -0.00604. The highest BCUT2D eigenvalue weighted by Crippen LogP contribution is 2.56. The molecule has 2 nitrogen and oxygen atoms in total. The van der Waals surface area contributed by atoms with Crippen LogP contribution in [0.1, 0.15) is 40.0 Å². The van der Waals surface area contributed by atoms with Crippen LogP contribution in [-0.4, -0.2) is 11.6 Å². The Bertz CT molecular complexity index is 232. The average molecular weight is 168 g/mol. The van der Waals surface area contributed by atoms with E-state index in [4.69, 9.17) is 4.74 Å². The monoisotopic (exact) mass is 168 g/mol. The lowest BCUT2D eigenvalue weighted by molar-refractivity contribution is -0.182. The molecule has 1 heterocycles. The van der Waals surface area contributed by atoms with Crippen molar-refractivity contribution in [1.29, 1.82) is 0 Å². The van der Waals surface area contributed by atoms with Crippen LogP contribution in [0, 0.1) is 11.3 Å². The molecule has 2 atom stereocenters. The van der Waals surface area contributed by atoms with Crippen LogP contribution in [0.15, 0.2) is 0 Å². The first-order valence-corrected chi connectivity index (χ1v) is 4.67. The van der Waals surface area contributed by atoms with E-state index in [2.05, 4.69) is 20.8 Å². The number of esters is 1. The highest BCUT2D eigenvalue weighted by atomic mass is 16.6. The minimum absolute atomic E-state index is 0.000625. The van der Waals surface area contributed by atoms with E-state index in [0.717, 1.165) is 12.8 Å². The Hall–Kier alpha value is -0.530. The fraction of sp³-hybridized carbons (Fsp3) is 0.900. The van der Waals surface area contributed by atoms with Crippen molar-refractivity contribution in [2.45, 2.75) is 45.6 Å². The van der Waals surface area contributed by atoms with Gasteiger partial charge in [-0.15, -0.1) is 0 Å². The lowest BCUT2D eigenvalue weighted by Crippen LogP contribution is -2.48. The van der Waals surface area contributed by atoms with Gasteiger partial charge in [0.05, 0.1) is 0 Å². The minimum atomic E-state index is -0.188. The lowest BCUT2D eigenvalue weighted by atomic mass is 9.70. The Labute approximate surface area is 73.3 Å². The number of rotatable bonds is 0. The molecule has 1 aliphatic carbocycles. The normalized spacial score (nSPS) is 44.2. The summed E-state index contributed by atoms with van der Waals surface area (Å²) in [4.78, 5) is 11.2. The van der Waals surface area contributed by atoms with E-state index in [9.17, 15) is 4.79 Å². The van der Waals surface area contributed by atoms with E-state index in [1.54, 1.807) is 0 Å². The number of fused-ring (bicyclic) bond motifs is 2. The maximum Gasteiger partial charge on any atom is 0.306 e. The molecule has 2 rings (SSSR count). The molecule has 1 saturated carbocycles. The number of carbonyl (C=O) groups is 1. The van der Waals surface area contributed by atoms with Gasteiger partial charge in [-0.25, -0.2) is 0 Å². The second-order valence-electron chi connectivity index (χ2n) is 4.87. The highest BCUT2D eigenvalue weighted by molar-refractivity contribution is 5.72. The maximum absolute atomic E-state index is 11.2. The molecule has 0 aromatic heterocycles. The van der Waals surface area contributed by atoms with Crippen molar-refractivity contribution in [3.05, 3.63) is 0 Å². The standard InChI is InChI=1S/C10H16O2/c1-9(2)7-4-5-10(9,3)12-8(11)6-7/h7H,4-6H2,1-3H3/t7?,10-/m1/s1. The SMILES string of the molecule is CC1(C)C2CC[C@@]1(C)OC(=O)C2. The Morgan fingerprint density at radius 1 is 1.42 bits per heavy atom. The number of carbonyl (C=O) groups excluding carboxylic acids is 1. The van der Waals surface area contributed by atoms with Crippen LogP contribution < -0.4 is 0 Å². The summed E-state index contributed by atoms with van der Waals surface area (Å²) in [6, 6.07) is 0. The van der Waals surface area contributed by atoms with Gasteiger partial charge in [0.1, 0.15) is 5.60 Å². The van der Waals surface area contributed by atoms with Gasteiger partial charge in [-0.05, 0) is 25.7 Å². The van der Waals surface area contributed by atoms with Crippen LogP contribution in [0.25, 0.3) is 0 Å². The van der Waals surface area contributed by atoms with E-state index in [1.165, 1.54) is 0 Å². The van der Waals surface area contributed by atoms with E-state index in [0.29, 0.717) is 12.3 Å². The molecule has 1 unspecified atom stereocenters. The van der Waals surface area contributed by atoms with Crippen LogP contribution in [0.3, 0.4) is 0 Å². The molecule has 0 radical (unpaired) electrons. The Morgan fingerprint density at radius 2 is 2.08 bits per heavy atom. The average Bonchev–Trinajstić information content (AvgIpc) is 2.16. The summed E-state index contributed by atoms with van der Waals surface area (Å²) in [6.07, 6.45) is 2.81. The predicted molar refractivity (Wildman–Crippen MR) is 45.6 cm³/mol. The second-order valence-corrected chi connectivity index (χ2v) is 4.87. The van der Waals surface area contributed by atoms with Crippen molar-refractivity contribution in [3.63, 3.8) is 0 Å². The van der Waals surface area contributed by atoms with Gasteiger partial charge in [-0.3, -0.25) is 4.79 Å². The molecular formula is C10H16O2. The van der Waals surface area contributed by atoms with Gasteiger partial charge in [0.25, 0.3) is 0 Å². The predicted octanol–water partition coefficient (Wildman–Crippen LogP) is 2.13. The number of hydrogen-bond donors (Lipinski definition) is 0. The summed E-state index contributed by atoms with van der Waals surface area (Å²) < 4.78 is 5.44. The summed E-state index contributed by atoms with van der Waals surface area (Å²) in [7, 11) is 0. The summed E-state index contributed by atoms with van der Waals surface area (Å²) in [5, 5.41) is 0. The van der Waals surface area contributed by atoms with Crippen molar-refractivity contribution >= 4 is 5.97 Å². The molecular weight excluding hydrogens is 152 g/mol. The number of hydrogen-bond acceptors (Lipinski definition) is 2. The van der Waals surface area contributed by atoms with E-state index < -0.39 is 0 Å². The van der Waals surface area contributed by atoms with Crippen LogP contribution in [0.2, 0.25) is 0 Å². The van der Waals surface area contributed by atoms with Gasteiger partial charge in [0.2, 0.25) is 0 Å². The zero-order chi connectivity index (χ0) is 8.98. The topological polar surface area (TPSA) is 26.3 Å². The van der Waals surface area contributed by atoms with Gasteiger partial charge >= 0.3 is 5.97 Å². The third-order valence-electron chi connectivity index (χ3n) is 4.11. The summed E-state index contributed by atoms with van der Waals surface area (Å²) >= 11 is 0.